The zero-order valence-corrected chi connectivity index (χ0v) is 13.0. The largest absolute Gasteiger partial charge is 0.489 e. The van der Waals surface area contributed by atoms with Crippen LogP contribution in [-0.4, -0.2) is 45.4 Å². The molecular formula is C15H24FN3O2. The Kier molecular flexibility index (Phi) is 7.53. The fraction of sp³-hybridized carbons (Fsp3) is 0.533. The first kappa shape index (κ1) is 17.2. The van der Waals surface area contributed by atoms with Crippen LogP contribution in [0.5, 0.6) is 5.75 Å². The van der Waals surface area contributed by atoms with Crippen molar-refractivity contribution in [2.75, 3.05) is 27.3 Å². The molecule has 5 nitrogen and oxygen atoms in total. The van der Waals surface area contributed by atoms with Crippen LogP contribution in [-0.2, 0) is 4.74 Å². The lowest BCUT2D eigenvalue weighted by Crippen LogP contribution is -2.46. The summed E-state index contributed by atoms with van der Waals surface area (Å²) in [4.78, 5) is 4.13. The average Bonchev–Trinajstić information content (AvgIpc) is 2.46. The number of aliphatic imine (C=N–C) groups is 1. The van der Waals surface area contributed by atoms with Gasteiger partial charge in [0, 0.05) is 20.2 Å². The molecule has 2 unspecified atom stereocenters. The van der Waals surface area contributed by atoms with Gasteiger partial charge in [-0.25, -0.2) is 4.39 Å². The SMILES string of the molecule is CN=C(NCC(C)Oc1ccc(F)cc1)NC(C)COC. The summed E-state index contributed by atoms with van der Waals surface area (Å²) in [5.41, 5.74) is 0. The highest BCUT2D eigenvalue weighted by atomic mass is 19.1. The standard InChI is InChI=1S/C15H24FN3O2/c1-11(10-20-4)19-15(17-3)18-9-12(2)21-14-7-5-13(16)6-8-14/h5-8,11-12H,9-10H2,1-4H3,(H2,17,18,19). The summed E-state index contributed by atoms with van der Waals surface area (Å²) in [7, 11) is 3.37. The van der Waals surface area contributed by atoms with Gasteiger partial charge in [-0.15, -0.1) is 0 Å². The lowest BCUT2D eigenvalue weighted by atomic mass is 10.3. The summed E-state index contributed by atoms with van der Waals surface area (Å²) < 4.78 is 23.5. The molecule has 0 radical (unpaired) electrons. The molecule has 1 aromatic carbocycles. The second kappa shape index (κ2) is 9.18. The zero-order valence-electron chi connectivity index (χ0n) is 13.0. The van der Waals surface area contributed by atoms with Gasteiger partial charge in [-0.2, -0.15) is 0 Å². The normalized spacial score (nSPS) is 14.4. The lowest BCUT2D eigenvalue weighted by Gasteiger charge is -2.20. The highest BCUT2D eigenvalue weighted by Crippen LogP contribution is 2.12. The fourth-order valence-electron chi connectivity index (χ4n) is 1.75. The Bertz CT molecular complexity index is 437. The van der Waals surface area contributed by atoms with Crippen LogP contribution in [0.3, 0.4) is 0 Å². The molecule has 0 amide bonds. The predicted molar refractivity (Wildman–Crippen MR) is 82.3 cm³/mol. The van der Waals surface area contributed by atoms with Crippen LogP contribution in [0.1, 0.15) is 13.8 Å². The molecule has 0 fully saturated rings. The fourth-order valence-corrected chi connectivity index (χ4v) is 1.75. The van der Waals surface area contributed by atoms with Crippen LogP contribution in [0.4, 0.5) is 4.39 Å². The molecule has 6 heteroatoms. The summed E-state index contributed by atoms with van der Waals surface area (Å²) in [6.07, 6.45) is -0.0771. The van der Waals surface area contributed by atoms with Crippen LogP contribution in [0.25, 0.3) is 0 Å². The molecule has 0 aliphatic rings. The van der Waals surface area contributed by atoms with Crippen LogP contribution in [0.2, 0.25) is 0 Å². The van der Waals surface area contributed by atoms with Gasteiger partial charge in [-0.3, -0.25) is 4.99 Å². The maximum absolute atomic E-state index is 12.8. The Morgan fingerprint density at radius 1 is 1.29 bits per heavy atom. The molecular weight excluding hydrogens is 273 g/mol. The van der Waals surface area contributed by atoms with E-state index in [1.54, 1.807) is 26.3 Å². The topological polar surface area (TPSA) is 54.9 Å². The Morgan fingerprint density at radius 3 is 2.52 bits per heavy atom. The number of guanidine groups is 1. The van der Waals surface area contributed by atoms with Crippen molar-refractivity contribution < 1.29 is 13.9 Å². The Labute approximate surface area is 125 Å². The van der Waals surface area contributed by atoms with Gasteiger partial charge in [0.15, 0.2) is 5.96 Å². The number of benzene rings is 1. The van der Waals surface area contributed by atoms with Crippen LogP contribution < -0.4 is 15.4 Å². The molecule has 2 N–H and O–H groups in total. The number of ether oxygens (including phenoxy) is 2. The van der Waals surface area contributed by atoms with Crippen molar-refractivity contribution in [3.63, 3.8) is 0 Å². The number of hydrogen-bond donors (Lipinski definition) is 2. The van der Waals surface area contributed by atoms with Gasteiger partial charge in [0.1, 0.15) is 17.7 Å². The number of nitrogens with zero attached hydrogens (tertiary/aromatic N) is 1. The maximum atomic E-state index is 12.8. The number of methoxy groups -OCH3 is 1. The molecule has 0 aliphatic heterocycles. The third-order valence-electron chi connectivity index (χ3n) is 2.73. The van der Waals surface area contributed by atoms with E-state index >= 15 is 0 Å². The summed E-state index contributed by atoms with van der Waals surface area (Å²) in [6, 6.07) is 6.14. The number of rotatable bonds is 7. The molecule has 118 valence electrons. The monoisotopic (exact) mass is 297 g/mol. The summed E-state index contributed by atoms with van der Waals surface area (Å²) >= 11 is 0. The van der Waals surface area contributed by atoms with E-state index in [0.717, 1.165) is 0 Å². The molecule has 0 heterocycles. The van der Waals surface area contributed by atoms with E-state index < -0.39 is 0 Å². The summed E-state index contributed by atoms with van der Waals surface area (Å²) in [5.74, 6) is 1.06. The molecule has 0 aliphatic carbocycles. The smallest absolute Gasteiger partial charge is 0.191 e. The number of nitrogens with one attached hydrogen (secondary N) is 2. The summed E-state index contributed by atoms with van der Waals surface area (Å²) in [6.45, 7) is 5.12. The van der Waals surface area contributed by atoms with Gasteiger partial charge < -0.3 is 20.1 Å². The minimum Gasteiger partial charge on any atom is -0.489 e. The minimum absolute atomic E-state index is 0.0771. The third kappa shape index (κ3) is 6.94. The zero-order chi connectivity index (χ0) is 15.7. The number of halogens is 1. The van der Waals surface area contributed by atoms with Crippen molar-refractivity contribution in [2.24, 2.45) is 4.99 Å². The summed E-state index contributed by atoms with van der Waals surface area (Å²) in [5, 5.41) is 6.38. The molecule has 0 spiro atoms. The Hall–Kier alpha value is -1.82. The molecule has 2 atom stereocenters. The first-order valence-electron chi connectivity index (χ1n) is 6.93. The lowest BCUT2D eigenvalue weighted by molar-refractivity contribution is 0.178. The quantitative estimate of drug-likeness (QED) is 0.595. The third-order valence-corrected chi connectivity index (χ3v) is 2.73. The van der Waals surface area contributed by atoms with Gasteiger partial charge in [0.25, 0.3) is 0 Å². The maximum Gasteiger partial charge on any atom is 0.191 e. The highest BCUT2D eigenvalue weighted by molar-refractivity contribution is 5.79. The van der Waals surface area contributed by atoms with Gasteiger partial charge in [0.2, 0.25) is 0 Å². The first-order valence-corrected chi connectivity index (χ1v) is 6.93. The van der Waals surface area contributed by atoms with Crippen molar-refractivity contribution in [3.05, 3.63) is 30.1 Å². The van der Waals surface area contributed by atoms with Crippen LogP contribution in [0.15, 0.2) is 29.3 Å². The van der Waals surface area contributed by atoms with Crippen LogP contribution >= 0.6 is 0 Å². The van der Waals surface area contributed by atoms with E-state index in [9.17, 15) is 4.39 Å². The molecule has 1 aromatic rings. The first-order chi connectivity index (χ1) is 10.0. The van der Waals surface area contributed by atoms with E-state index in [1.165, 1.54) is 12.1 Å². The molecule has 0 saturated carbocycles. The second-order valence-electron chi connectivity index (χ2n) is 4.84. The van der Waals surface area contributed by atoms with Gasteiger partial charge >= 0.3 is 0 Å². The highest BCUT2D eigenvalue weighted by Gasteiger charge is 2.08. The van der Waals surface area contributed by atoms with E-state index in [-0.39, 0.29) is 18.0 Å². The Morgan fingerprint density at radius 2 is 1.95 bits per heavy atom. The van der Waals surface area contributed by atoms with Gasteiger partial charge in [0.05, 0.1) is 13.2 Å². The van der Waals surface area contributed by atoms with Gasteiger partial charge in [-0.1, -0.05) is 0 Å². The second-order valence-corrected chi connectivity index (χ2v) is 4.84. The van der Waals surface area contributed by atoms with E-state index in [4.69, 9.17) is 9.47 Å². The van der Waals surface area contributed by atoms with E-state index in [1.807, 2.05) is 13.8 Å². The van der Waals surface area contributed by atoms with Crippen molar-refractivity contribution >= 4 is 5.96 Å². The van der Waals surface area contributed by atoms with E-state index in [2.05, 4.69) is 15.6 Å². The molecule has 0 aromatic heterocycles. The van der Waals surface area contributed by atoms with Crippen LogP contribution in [0, 0.1) is 5.82 Å². The van der Waals surface area contributed by atoms with Crippen molar-refractivity contribution in [1.29, 1.82) is 0 Å². The molecule has 1 rings (SSSR count). The van der Waals surface area contributed by atoms with Crippen molar-refractivity contribution in [3.8, 4) is 5.75 Å². The molecule has 0 saturated heterocycles. The van der Waals surface area contributed by atoms with E-state index in [0.29, 0.717) is 24.9 Å². The molecule has 0 bridgehead atoms. The Balaban J connectivity index is 2.36. The predicted octanol–water partition coefficient (Wildman–Crippen LogP) is 1.79. The van der Waals surface area contributed by atoms with Crippen molar-refractivity contribution in [1.82, 2.24) is 10.6 Å². The van der Waals surface area contributed by atoms with Gasteiger partial charge in [-0.05, 0) is 38.1 Å². The minimum atomic E-state index is -0.273. The number of hydrogen-bond acceptors (Lipinski definition) is 3. The average molecular weight is 297 g/mol. The van der Waals surface area contributed by atoms with Crippen molar-refractivity contribution in [2.45, 2.75) is 26.0 Å². The molecule has 21 heavy (non-hydrogen) atoms.